The molecule has 9 heteroatoms. The number of amides is 2. The van der Waals surface area contributed by atoms with E-state index in [0.717, 1.165) is 22.3 Å². The molecule has 3 unspecified atom stereocenters. The predicted molar refractivity (Wildman–Crippen MR) is 123 cm³/mol. The summed E-state index contributed by atoms with van der Waals surface area (Å²) in [7, 11) is 0. The van der Waals surface area contributed by atoms with Crippen LogP contribution in [0.1, 0.15) is 30.4 Å². The lowest BCUT2D eigenvalue weighted by atomic mass is 9.98. The first-order valence-electron chi connectivity index (χ1n) is 11.1. The Morgan fingerprint density at radius 3 is 2.26 bits per heavy atom. The lowest BCUT2D eigenvalue weighted by Crippen LogP contribution is -2.42. The van der Waals surface area contributed by atoms with Gasteiger partial charge < -0.3 is 20.5 Å². The lowest BCUT2D eigenvalue weighted by Gasteiger charge is -2.14. The molecule has 0 aromatic heterocycles. The van der Waals surface area contributed by atoms with E-state index in [9.17, 15) is 23.2 Å². The van der Waals surface area contributed by atoms with E-state index in [1.165, 1.54) is 6.92 Å². The number of carboxylic acid groups (broad SMARTS) is 1. The fourth-order valence-electron chi connectivity index (χ4n) is 4.51. The summed E-state index contributed by atoms with van der Waals surface area (Å²) in [5, 5.41) is 13.6. The maximum Gasteiger partial charge on any atom is 0.407 e. The van der Waals surface area contributed by atoms with Crippen LogP contribution in [0.2, 0.25) is 0 Å². The molecule has 0 bridgehead atoms. The number of carbonyl (C=O) groups excluding carboxylic acids is 2. The van der Waals surface area contributed by atoms with E-state index in [-0.39, 0.29) is 18.9 Å². The number of alkyl halides is 2. The summed E-state index contributed by atoms with van der Waals surface area (Å²) in [4.78, 5) is 35.7. The lowest BCUT2D eigenvalue weighted by molar-refractivity contribution is -0.142. The summed E-state index contributed by atoms with van der Waals surface area (Å²) in [6.07, 6.45) is -1.06. The Morgan fingerprint density at radius 2 is 1.69 bits per heavy atom. The van der Waals surface area contributed by atoms with Gasteiger partial charge in [0.2, 0.25) is 5.91 Å². The molecule has 182 valence electrons. The smallest absolute Gasteiger partial charge is 0.407 e. The average molecular weight is 482 g/mol. The second-order valence-electron chi connectivity index (χ2n) is 8.50. The number of fused-ring (bicyclic) bond motifs is 3. The number of carboxylic acids is 1. The van der Waals surface area contributed by atoms with Gasteiger partial charge >= 0.3 is 12.1 Å². The monoisotopic (exact) mass is 482 g/mol. The number of hydrogen-bond donors (Lipinski definition) is 3. The van der Waals surface area contributed by atoms with Crippen LogP contribution in [0, 0.1) is 23.7 Å². The molecule has 3 N–H and O–H groups in total. The van der Waals surface area contributed by atoms with Crippen molar-refractivity contribution >= 4 is 18.0 Å². The molecule has 7 nitrogen and oxygen atoms in total. The highest BCUT2D eigenvalue weighted by Gasteiger charge is 2.71. The fraction of sp³-hybridized carbons (Fsp3) is 0.346. The molecule has 0 saturated heterocycles. The molecule has 1 fully saturated rings. The average Bonchev–Trinajstić information content (AvgIpc) is 3.25. The molecule has 2 aliphatic carbocycles. The van der Waals surface area contributed by atoms with Crippen LogP contribution in [0.25, 0.3) is 11.1 Å². The minimum atomic E-state index is -3.36. The van der Waals surface area contributed by atoms with Gasteiger partial charge in [-0.1, -0.05) is 48.5 Å². The van der Waals surface area contributed by atoms with Crippen molar-refractivity contribution < 1.29 is 33.0 Å². The molecule has 2 aromatic rings. The molecule has 4 rings (SSSR count). The topological polar surface area (TPSA) is 105 Å². The summed E-state index contributed by atoms with van der Waals surface area (Å²) in [6, 6.07) is 14.2. The zero-order chi connectivity index (χ0) is 25.2. The van der Waals surface area contributed by atoms with E-state index >= 15 is 0 Å². The largest absolute Gasteiger partial charge is 0.480 e. The van der Waals surface area contributed by atoms with Crippen LogP contribution >= 0.6 is 0 Å². The first-order chi connectivity index (χ1) is 16.8. The zero-order valence-corrected chi connectivity index (χ0v) is 18.9. The molecule has 2 aromatic carbocycles. The molecule has 0 aliphatic heterocycles. The van der Waals surface area contributed by atoms with E-state index in [0.29, 0.717) is 0 Å². The fourth-order valence-corrected chi connectivity index (χ4v) is 4.51. The van der Waals surface area contributed by atoms with Crippen molar-refractivity contribution in [2.24, 2.45) is 11.8 Å². The second-order valence-corrected chi connectivity index (χ2v) is 8.50. The minimum absolute atomic E-state index is 0.0313. The zero-order valence-electron chi connectivity index (χ0n) is 18.9. The normalized spacial score (nSPS) is 19.9. The number of alkyl carbamates (subject to hydrolysis) is 1. The van der Waals surface area contributed by atoms with Crippen LogP contribution in [0.5, 0.6) is 0 Å². The van der Waals surface area contributed by atoms with Gasteiger partial charge in [0.05, 0.1) is 5.92 Å². The van der Waals surface area contributed by atoms with Crippen molar-refractivity contribution in [3.63, 3.8) is 0 Å². The van der Waals surface area contributed by atoms with Crippen molar-refractivity contribution in [2.45, 2.75) is 31.2 Å². The van der Waals surface area contributed by atoms with E-state index in [2.05, 4.69) is 22.5 Å². The Labute approximate surface area is 200 Å². The first-order valence-corrected chi connectivity index (χ1v) is 11.1. The summed E-state index contributed by atoms with van der Waals surface area (Å²) < 4.78 is 33.7. The van der Waals surface area contributed by atoms with E-state index in [1.807, 2.05) is 48.5 Å². The van der Waals surface area contributed by atoms with Crippen LogP contribution in [0.15, 0.2) is 48.5 Å². The molecular weight excluding hydrogens is 458 g/mol. The van der Waals surface area contributed by atoms with Crippen molar-refractivity contribution in [3.05, 3.63) is 59.7 Å². The highest BCUT2D eigenvalue weighted by Crippen LogP contribution is 2.55. The number of aliphatic carboxylic acids is 1. The third kappa shape index (κ3) is 4.83. The third-order valence-corrected chi connectivity index (χ3v) is 6.39. The Bertz CT molecular complexity index is 1170. The number of halogens is 2. The molecule has 0 heterocycles. The molecule has 1 saturated carbocycles. The highest BCUT2D eigenvalue weighted by atomic mass is 19.3. The Morgan fingerprint density at radius 1 is 1.09 bits per heavy atom. The van der Waals surface area contributed by atoms with E-state index < -0.39 is 48.3 Å². The van der Waals surface area contributed by atoms with Gasteiger partial charge in [0.1, 0.15) is 18.6 Å². The molecular formula is C26H24F2N2O5. The van der Waals surface area contributed by atoms with Gasteiger partial charge in [0, 0.05) is 18.9 Å². The van der Waals surface area contributed by atoms with Crippen LogP contribution < -0.4 is 10.6 Å². The Hall–Kier alpha value is -3.93. The van der Waals surface area contributed by atoms with Gasteiger partial charge in [-0.05, 0) is 29.2 Å². The van der Waals surface area contributed by atoms with Gasteiger partial charge in [-0.15, -0.1) is 11.8 Å². The number of benzene rings is 2. The van der Waals surface area contributed by atoms with Crippen molar-refractivity contribution in [1.82, 2.24) is 10.6 Å². The Kier molecular flexibility index (Phi) is 6.74. The van der Waals surface area contributed by atoms with Gasteiger partial charge in [-0.3, -0.25) is 4.79 Å². The molecule has 2 amide bonds. The molecule has 2 aliphatic rings. The molecule has 0 radical (unpaired) electrons. The minimum Gasteiger partial charge on any atom is -0.480 e. The number of ether oxygens (including phenoxy) is 1. The van der Waals surface area contributed by atoms with Gasteiger partial charge in [-0.2, -0.15) is 0 Å². The van der Waals surface area contributed by atoms with Gasteiger partial charge in [-0.25, -0.2) is 18.4 Å². The summed E-state index contributed by atoms with van der Waals surface area (Å²) in [5.41, 5.74) is 4.17. The summed E-state index contributed by atoms with van der Waals surface area (Å²) in [6.45, 7) is 1.05. The summed E-state index contributed by atoms with van der Waals surface area (Å²) >= 11 is 0. The maximum atomic E-state index is 14.2. The predicted octanol–water partition coefficient (Wildman–Crippen LogP) is 3.39. The number of hydrogen-bond acceptors (Lipinski definition) is 4. The van der Waals surface area contributed by atoms with E-state index in [4.69, 9.17) is 9.84 Å². The molecule has 35 heavy (non-hydrogen) atoms. The molecule has 3 atom stereocenters. The molecule has 0 spiro atoms. The van der Waals surface area contributed by atoms with E-state index in [1.54, 1.807) is 0 Å². The van der Waals surface area contributed by atoms with Crippen molar-refractivity contribution in [2.75, 3.05) is 13.2 Å². The van der Waals surface area contributed by atoms with Crippen LogP contribution in [0.4, 0.5) is 13.6 Å². The number of rotatable bonds is 8. The third-order valence-electron chi connectivity index (χ3n) is 6.39. The standard InChI is InChI=1S/C26H24F2N2O5/c1-2-3-12-21(24(32)33)30-23(31)22-20(26(22,27)28)13-29-25(34)35-14-19-17-10-6-4-8-15(17)16-9-5-7-11-18(16)19/h4-11,19-22H,12-14H2,1H3,(H,29,34)(H,30,31)(H,32,33). The van der Waals surface area contributed by atoms with Crippen molar-refractivity contribution in [3.8, 4) is 23.0 Å². The first kappa shape index (κ1) is 24.2. The highest BCUT2D eigenvalue weighted by molar-refractivity contribution is 5.88. The van der Waals surface area contributed by atoms with Crippen LogP contribution in [0.3, 0.4) is 0 Å². The number of carbonyl (C=O) groups is 3. The summed E-state index contributed by atoms with van der Waals surface area (Å²) in [5.74, 6) is -4.15. The van der Waals surface area contributed by atoms with Crippen LogP contribution in [-0.2, 0) is 14.3 Å². The second kappa shape index (κ2) is 9.74. The number of nitrogens with one attached hydrogen (secondary N) is 2. The SMILES string of the molecule is CC#CCC(NC(=O)C1C(CNC(=O)OCC2c3ccccc3-c3ccccc32)C1(F)F)C(=O)O. The van der Waals surface area contributed by atoms with Crippen molar-refractivity contribution in [1.29, 1.82) is 0 Å². The maximum absolute atomic E-state index is 14.2. The quantitative estimate of drug-likeness (QED) is 0.501. The van der Waals surface area contributed by atoms with Gasteiger partial charge in [0.25, 0.3) is 5.92 Å². The van der Waals surface area contributed by atoms with Crippen LogP contribution in [-0.4, -0.2) is 48.2 Å². The Balaban J connectivity index is 1.31. The van der Waals surface area contributed by atoms with Gasteiger partial charge in [0.15, 0.2) is 0 Å².